The van der Waals surface area contributed by atoms with Crippen molar-refractivity contribution in [3.8, 4) is 17.0 Å². The molecule has 3 rings (SSSR count). The van der Waals surface area contributed by atoms with Gasteiger partial charge >= 0.3 is 0 Å². The molecular formula is C16H19NO4S. The highest BCUT2D eigenvalue weighted by Crippen LogP contribution is 2.41. The van der Waals surface area contributed by atoms with Crippen molar-refractivity contribution in [2.75, 3.05) is 13.4 Å². The largest absolute Gasteiger partial charge is 0.496 e. The lowest BCUT2D eigenvalue weighted by molar-refractivity contribution is 0.210. The Kier molecular flexibility index (Phi) is 3.74. The number of methoxy groups -OCH3 is 1. The summed E-state index contributed by atoms with van der Waals surface area (Å²) >= 11 is 0. The average Bonchev–Trinajstić information content (AvgIpc) is 2.96. The van der Waals surface area contributed by atoms with Crippen molar-refractivity contribution < 1.29 is 17.3 Å². The summed E-state index contributed by atoms with van der Waals surface area (Å²) in [5.74, 6) is 0.890. The number of fused-ring (bicyclic) bond motifs is 3. The van der Waals surface area contributed by atoms with Crippen LogP contribution >= 0.6 is 0 Å². The van der Waals surface area contributed by atoms with Crippen molar-refractivity contribution in [3.05, 3.63) is 41.6 Å². The standard InChI is InChI=1S/C16H19NO4S/c1-11(21-22(3,18)19)10-17-8-7-12-9-14-13(16(12)17)5-4-6-15(14)20-2/h4-8,11H,9-10H2,1-3H3. The van der Waals surface area contributed by atoms with Gasteiger partial charge in [-0.1, -0.05) is 12.1 Å². The van der Waals surface area contributed by atoms with Crippen LogP contribution in [0.1, 0.15) is 18.1 Å². The highest BCUT2D eigenvalue weighted by molar-refractivity contribution is 7.86. The third kappa shape index (κ3) is 2.76. The second-order valence-corrected chi connectivity index (χ2v) is 7.22. The van der Waals surface area contributed by atoms with Crippen LogP contribution in [0, 0.1) is 0 Å². The van der Waals surface area contributed by atoms with Crippen molar-refractivity contribution in [3.63, 3.8) is 0 Å². The van der Waals surface area contributed by atoms with E-state index in [-0.39, 0.29) is 0 Å². The van der Waals surface area contributed by atoms with E-state index < -0.39 is 16.2 Å². The first-order valence-electron chi connectivity index (χ1n) is 7.11. The maximum Gasteiger partial charge on any atom is 0.264 e. The molecule has 0 amide bonds. The monoisotopic (exact) mass is 321 g/mol. The number of hydrogen-bond donors (Lipinski definition) is 0. The van der Waals surface area contributed by atoms with Crippen molar-refractivity contribution in [2.24, 2.45) is 0 Å². The van der Waals surface area contributed by atoms with E-state index in [4.69, 9.17) is 8.92 Å². The van der Waals surface area contributed by atoms with Crippen LogP contribution in [0.3, 0.4) is 0 Å². The van der Waals surface area contributed by atoms with Crippen LogP contribution in [-0.2, 0) is 27.3 Å². The highest BCUT2D eigenvalue weighted by Gasteiger charge is 2.25. The summed E-state index contributed by atoms with van der Waals surface area (Å²) < 4.78 is 35.0. The third-order valence-electron chi connectivity index (χ3n) is 3.82. The van der Waals surface area contributed by atoms with E-state index in [1.165, 1.54) is 11.1 Å². The summed E-state index contributed by atoms with van der Waals surface area (Å²) in [7, 11) is -1.77. The van der Waals surface area contributed by atoms with Gasteiger partial charge < -0.3 is 9.30 Å². The summed E-state index contributed by atoms with van der Waals surface area (Å²) in [5.41, 5.74) is 4.68. The Morgan fingerprint density at radius 2 is 2.09 bits per heavy atom. The minimum absolute atomic E-state index is 0.416. The lowest BCUT2D eigenvalue weighted by atomic mass is 10.1. The van der Waals surface area contributed by atoms with Gasteiger partial charge in [0.05, 0.1) is 31.7 Å². The molecule has 0 saturated heterocycles. The molecule has 1 heterocycles. The number of rotatable bonds is 5. The fraction of sp³-hybridized carbons (Fsp3) is 0.375. The van der Waals surface area contributed by atoms with E-state index in [1.807, 2.05) is 18.3 Å². The van der Waals surface area contributed by atoms with Crippen molar-refractivity contribution in [1.82, 2.24) is 4.57 Å². The zero-order valence-electron chi connectivity index (χ0n) is 12.9. The number of benzene rings is 1. The molecule has 1 aromatic heterocycles. The lowest BCUT2D eigenvalue weighted by Crippen LogP contribution is -2.20. The van der Waals surface area contributed by atoms with Crippen LogP contribution in [0.25, 0.3) is 11.3 Å². The second kappa shape index (κ2) is 5.44. The summed E-state index contributed by atoms with van der Waals surface area (Å²) in [6.07, 6.45) is 3.48. The second-order valence-electron chi connectivity index (χ2n) is 5.62. The molecular weight excluding hydrogens is 302 g/mol. The normalized spacial score (nSPS) is 14.5. The molecule has 1 aliphatic rings. The Bertz CT molecular complexity index is 808. The van der Waals surface area contributed by atoms with E-state index in [1.54, 1.807) is 14.0 Å². The highest BCUT2D eigenvalue weighted by atomic mass is 32.2. The van der Waals surface area contributed by atoms with Gasteiger partial charge in [-0.2, -0.15) is 8.42 Å². The van der Waals surface area contributed by atoms with Crippen LogP contribution in [0.5, 0.6) is 5.75 Å². The molecule has 6 heteroatoms. The Morgan fingerprint density at radius 3 is 2.77 bits per heavy atom. The first-order chi connectivity index (χ1) is 10.4. The fourth-order valence-electron chi connectivity index (χ4n) is 3.10. The van der Waals surface area contributed by atoms with Gasteiger partial charge in [0.1, 0.15) is 5.75 Å². The molecule has 0 bridgehead atoms. The van der Waals surface area contributed by atoms with E-state index in [9.17, 15) is 8.42 Å². The zero-order chi connectivity index (χ0) is 15.9. The Balaban J connectivity index is 1.93. The van der Waals surface area contributed by atoms with Crippen LogP contribution in [0.4, 0.5) is 0 Å². The minimum atomic E-state index is -3.45. The molecule has 22 heavy (non-hydrogen) atoms. The molecule has 0 spiro atoms. The van der Waals surface area contributed by atoms with Crippen molar-refractivity contribution in [1.29, 1.82) is 0 Å². The molecule has 0 N–H and O–H groups in total. The van der Waals surface area contributed by atoms with Gasteiger partial charge in [-0.15, -0.1) is 0 Å². The molecule has 1 unspecified atom stereocenters. The molecule has 1 aliphatic carbocycles. The predicted molar refractivity (Wildman–Crippen MR) is 84.6 cm³/mol. The quantitative estimate of drug-likeness (QED) is 0.677. The van der Waals surface area contributed by atoms with Crippen LogP contribution in [0.15, 0.2) is 30.5 Å². The Morgan fingerprint density at radius 1 is 1.32 bits per heavy atom. The van der Waals surface area contributed by atoms with Gasteiger partial charge in [-0.25, -0.2) is 0 Å². The van der Waals surface area contributed by atoms with Gasteiger partial charge in [0.2, 0.25) is 0 Å². The van der Waals surface area contributed by atoms with Crippen molar-refractivity contribution >= 4 is 10.1 Å². The SMILES string of the molecule is COc1cccc2c1Cc1ccn(CC(C)OS(C)(=O)=O)c1-2. The van der Waals surface area contributed by atoms with Crippen molar-refractivity contribution in [2.45, 2.75) is 26.0 Å². The third-order valence-corrected chi connectivity index (χ3v) is 4.49. The van der Waals surface area contributed by atoms with Crippen LogP contribution in [-0.4, -0.2) is 32.5 Å². The first kappa shape index (κ1) is 15.1. The summed E-state index contributed by atoms with van der Waals surface area (Å²) in [6, 6.07) is 8.08. The number of nitrogens with zero attached hydrogens (tertiary/aromatic N) is 1. The minimum Gasteiger partial charge on any atom is -0.496 e. The molecule has 1 atom stereocenters. The zero-order valence-corrected chi connectivity index (χ0v) is 13.7. The molecule has 0 saturated carbocycles. The fourth-order valence-corrected chi connectivity index (χ4v) is 3.76. The number of aromatic nitrogens is 1. The Hall–Kier alpha value is -1.79. The first-order valence-corrected chi connectivity index (χ1v) is 8.93. The number of ether oxygens (including phenoxy) is 1. The van der Waals surface area contributed by atoms with Gasteiger partial charge in [-0.3, -0.25) is 4.18 Å². The molecule has 0 aliphatic heterocycles. The van der Waals surface area contributed by atoms with E-state index in [0.717, 1.165) is 29.7 Å². The predicted octanol–water partition coefficient (Wildman–Crippen LogP) is 2.43. The topological polar surface area (TPSA) is 57.5 Å². The molecule has 1 aromatic carbocycles. The molecule has 2 aromatic rings. The smallest absolute Gasteiger partial charge is 0.264 e. The van der Waals surface area contributed by atoms with Gasteiger partial charge in [0.25, 0.3) is 10.1 Å². The van der Waals surface area contributed by atoms with E-state index >= 15 is 0 Å². The van der Waals surface area contributed by atoms with Gasteiger partial charge in [-0.05, 0) is 24.6 Å². The van der Waals surface area contributed by atoms with E-state index in [0.29, 0.717) is 6.54 Å². The number of hydrogen-bond acceptors (Lipinski definition) is 4. The molecule has 118 valence electrons. The average molecular weight is 321 g/mol. The lowest BCUT2D eigenvalue weighted by Gasteiger charge is -2.15. The molecule has 0 radical (unpaired) electrons. The maximum absolute atomic E-state index is 11.2. The van der Waals surface area contributed by atoms with Crippen LogP contribution < -0.4 is 4.74 Å². The molecule has 5 nitrogen and oxygen atoms in total. The summed E-state index contributed by atoms with van der Waals surface area (Å²) in [6.45, 7) is 2.24. The summed E-state index contributed by atoms with van der Waals surface area (Å²) in [4.78, 5) is 0. The van der Waals surface area contributed by atoms with E-state index in [2.05, 4.69) is 16.7 Å². The Labute approximate surface area is 130 Å². The maximum atomic E-state index is 11.2. The molecule has 0 fully saturated rings. The van der Waals surface area contributed by atoms with Gasteiger partial charge in [0.15, 0.2) is 0 Å². The van der Waals surface area contributed by atoms with Crippen LogP contribution in [0.2, 0.25) is 0 Å². The van der Waals surface area contributed by atoms with Gasteiger partial charge in [0, 0.05) is 23.7 Å². The summed E-state index contributed by atoms with van der Waals surface area (Å²) in [5, 5.41) is 0.